The highest BCUT2D eigenvalue weighted by Gasteiger charge is 2.32. The Morgan fingerprint density at radius 3 is 2.71 bits per heavy atom. The van der Waals surface area contributed by atoms with Gasteiger partial charge in [-0.2, -0.15) is 9.94 Å². The van der Waals surface area contributed by atoms with E-state index in [1.807, 2.05) is 24.3 Å². The molecular weight excluding hydrogens is 652 g/mol. The highest BCUT2D eigenvalue weighted by atomic mass is 35.5. The largest absolute Gasteiger partial charge is 0.510 e. The molecule has 4 heterocycles. The van der Waals surface area contributed by atoms with Gasteiger partial charge < -0.3 is 34.9 Å². The van der Waals surface area contributed by atoms with E-state index in [2.05, 4.69) is 49.5 Å². The van der Waals surface area contributed by atoms with Crippen molar-refractivity contribution in [3.63, 3.8) is 0 Å². The molecule has 3 aromatic rings. The summed E-state index contributed by atoms with van der Waals surface area (Å²) in [5, 5.41) is 32.5. The maximum absolute atomic E-state index is 11.6. The van der Waals surface area contributed by atoms with Crippen LogP contribution >= 0.6 is 11.6 Å². The number of carbonyl (C=O) groups is 1. The summed E-state index contributed by atoms with van der Waals surface area (Å²) < 4.78 is 22.7. The summed E-state index contributed by atoms with van der Waals surface area (Å²) in [5.74, 6) is 1.91. The topological polar surface area (TPSA) is 183 Å². The molecule has 3 aromatic heterocycles. The quantitative estimate of drug-likeness (QED) is 0.178. The first kappa shape index (κ1) is 36.2. The summed E-state index contributed by atoms with van der Waals surface area (Å²) in [7, 11) is 0. The molecule has 0 spiro atoms. The van der Waals surface area contributed by atoms with Crippen LogP contribution in [0.2, 0.25) is 5.02 Å². The van der Waals surface area contributed by atoms with Crippen LogP contribution in [0.5, 0.6) is 0 Å². The standard InChI is InChI=1S/C33H45ClN10O5/c1-4-48-32(45)49-23(3)44-31(41-42-43-44)19-47-18-22(2)38-24-8-10-25(11-9-24)39-30-16-26(27(34)17-36-30)28-6-5-7-29(40-28)37-21-33(20-35)12-14-46-15-13-33/h5-7,16-17,22-25,38H,4,8-15,18-19,21H2,1-3H3,(H,36,39)(H,37,40)/t22-,23+,24-,25-/m1/s1. The zero-order valence-electron chi connectivity index (χ0n) is 28.2. The van der Waals surface area contributed by atoms with Gasteiger partial charge >= 0.3 is 6.16 Å². The lowest BCUT2D eigenvalue weighted by atomic mass is 9.82. The number of rotatable bonds is 15. The summed E-state index contributed by atoms with van der Waals surface area (Å²) >= 11 is 6.59. The van der Waals surface area contributed by atoms with Crippen molar-refractivity contribution in [2.24, 2.45) is 5.41 Å². The number of anilines is 2. The molecule has 0 radical (unpaired) electrons. The zero-order valence-corrected chi connectivity index (χ0v) is 29.0. The minimum atomic E-state index is -0.779. The van der Waals surface area contributed by atoms with Crippen LogP contribution in [-0.4, -0.2) is 87.4 Å². The Morgan fingerprint density at radius 2 is 1.96 bits per heavy atom. The summed E-state index contributed by atoms with van der Waals surface area (Å²) in [5.41, 5.74) is 1.08. The van der Waals surface area contributed by atoms with E-state index >= 15 is 0 Å². The molecule has 2 atom stereocenters. The van der Waals surface area contributed by atoms with Gasteiger partial charge in [0.2, 0.25) is 0 Å². The molecule has 3 N–H and O–H groups in total. The van der Waals surface area contributed by atoms with E-state index in [-0.39, 0.29) is 25.3 Å². The maximum Gasteiger partial charge on any atom is 0.510 e. The van der Waals surface area contributed by atoms with Gasteiger partial charge in [-0.05, 0) is 87.9 Å². The number of hydrogen-bond acceptors (Lipinski definition) is 14. The van der Waals surface area contributed by atoms with E-state index < -0.39 is 17.8 Å². The lowest BCUT2D eigenvalue weighted by Crippen LogP contribution is -2.43. The molecule has 1 saturated heterocycles. The Bertz CT molecular complexity index is 1550. The van der Waals surface area contributed by atoms with Gasteiger partial charge in [0.25, 0.3) is 0 Å². The smallest absolute Gasteiger partial charge is 0.435 e. The van der Waals surface area contributed by atoms with E-state index in [4.69, 9.17) is 35.5 Å². The van der Waals surface area contributed by atoms with Crippen LogP contribution in [0, 0.1) is 16.7 Å². The van der Waals surface area contributed by atoms with Crippen molar-refractivity contribution in [2.75, 3.05) is 43.6 Å². The number of carbonyl (C=O) groups excluding carboxylic acids is 1. The molecule has 2 fully saturated rings. The molecule has 49 heavy (non-hydrogen) atoms. The summed E-state index contributed by atoms with van der Waals surface area (Å²) in [4.78, 5) is 21.0. The summed E-state index contributed by atoms with van der Waals surface area (Å²) in [6.45, 7) is 8.02. The fraction of sp³-hybridized carbons (Fsp3) is 0.606. The van der Waals surface area contributed by atoms with Crippen molar-refractivity contribution in [1.29, 1.82) is 5.26 Å². The fourth-order valence-electron chi connectivity index (χ4n) is 6.07. The Kier molecular flexibility index (Phi) is 12.9. The minimum absolute atomic E-state index is 0.118. The molecule has 0 aromatic carbocycles. The first-order chi connectivity index (χ1) is 23.8. The third-order valence-corrected chi connectivity index (χ3v) is 9.11. The molecule has 5 rings (SSSR count). The number of halogens is 1. The first-order valence-electron chi connectivity index (χ1n) is 16.8. The van der Waals surface area contributed by atoms with E-state index in [1.165, 1.54) is 4.68 Å². The number of nitrogens with one attached hydrogen (secondary N) is 3. The lowest BCUT2D eigenvalue weighted by molar-refractivity contribution is -0.00389. The highest BCUT2D eigenvalue weighted by Crippen LogP contribution is 2.32. The van der Waals surface area contributed by atoms with Gasteiger partial charge in [-0.15, -0.1) is 5.10 Å². The third kappa shape index (κ3) is 10.2. The molecule has 1 aliphatic carbocycles. The van der Waals surface area contributed by atoms with E-state index in [0.717, 1.165) is 42.8 Å². The van der Waals surface area contributed by atoms with Crippen LogP contribution in [0.25, 0.3) is 11.3 Å². The molecule has 1 saturated carbocycles. The van der Waals surface area contributed by atoms with Gasteiger partial charge in [-0.25, -0.2) is 14.8 Å². The van der Waals surface area contributed by atoms with Crippen molar-refractivity contribution in [1.82, 2.24) is 35.5 Å². The molecule has 264 valence electrons. The van der Waals surface area contributed by atoms with Crippen molar-refractivity contribution in [3.8, 4) is 17.3 Å². The monoisotopic (exact) mass is 696 g/mol. The second-order valence-corrected chi connectivity index (χ2v) is 12.9. The lowest BCUT2D eigenvalue weighted by Gasteiger charge is -2.32. The molecular formula is C33H45ClN10O5. The van der Waals surface area contributed by atoms with Gasteiger partial charge in [0.15, 0.2) is 12.1 Å². The number of nitrogens with zero attached hydrogens (tertiary/aromatic N) is 7. The molecule has 1 aliphatic heterocycles. The molecule has 2 aliphatic rings. The number of aromatic nitrogens is 6. The predicted octanol–water partition coefficient (Wildman–Crippen LogP) is 5.13. The molecule has 15 nitrogen and oxygen atoms in total. The Morgan fingerprint density at radius 1 is 1.18 bits per heavy atom. The number of hydrogen-bond donors (Lipinski definition) is 3. The average Bonchev–Trinajstić information content (AvgIpc) is 3.58. The van der Waals surface area contributed by atoms with Gasteiger partial charge in [-0.3, -0.25) is 0 Å². The van der Waals surface area contributed by atoms with Crippen LogP contribution in [0.4, 0.5) is 16.4 Å². The number of tetrazole rings is 1. The van der Waals surface area contributed by atoms with Crippen molar-refractivity contribution < 1.29 is 23.7 Å². The van der Waals surface area contributed by atoms with Gasteiger partial charge in [0.1, 0.15) is 18.2 Å². The van der Waals surface area contributed by atoms with Gasteiger partial charge in [0.05, 0.1) is 35.4 Å². The summed E-state index contributed by atoms with van der Waals surface area (Å²) in [6, 6.07) is 11.0. The van der Waals surface area contributed by atoms with Gasteiger partial charge in [-0.1, -0.05) is 17.7 Å². The average molecular weight is 697 g/mol. The Balaban J connectivity index is 1.06. The maximum atomic E-state index is 11.6. The highest BCUT2D eigenvalue weighted by molar-refractivity contribution is 6.33. The van der Waals surface area contributed by atoms with E-state index in [9.17, 15) is 10.1 Å². The zero-order chi connectivity index (χ0) is 34.6. The second kappa shape index (κ2) is 17.5. The molecule has 0 bridgehead atoms. The number of nitriles is 1. The Hall–Kier alpha value is -4.10. The van der Waals surface area contributed by atoms with Crippen LogP contribution in [0.3, 0.4) is 0 Å². The molecule has 16 heteroatoms. The number of ether oxygens (including phenoxy) is 4. The molecule has 0 amide bonds. The summed E-state index contributed by atoms with van der Waals surface area (Å²) in [6.07, 6.45) is 5.56. The van der Waals surface area contributed by atoms with E-state index in [1.54, 1.807) is 20.0 Å². The van der Waals surface area contributed by atoms with Crippen molar-refractivity contribution in [3.05, 3.63) is 41.3 Å². The van der Waals surface area contributed by atoms with E-state index in [0.29, 0.717) is 61.9 Å². The fourth-order valence-corrected chi connectivity index (χ4v) is 6.27. The SMILES string of the molecule is CCOC(=O)O[C@@H](C)n1nnnc1COC[C@@H](C)N[C@H]1CC[C@H](Nc2cc(-c3cccc(NCC4(C#N)CCOCC4)n3)c(Cl)cn2)CC1. The predicted molar refractivity (Wildman–Crippen MR) is 182 cm³/mol. The van der Waals surface area contributed by atoms with Crippen LogP contribution < -0.4 is 16.0 Å². The normalized spacial score (nSPS) is 20.1. The van der Waals surface area contributed by atoms with Crippen LogP contribution in [-0.2, 0) is 25.6 Å². The second-order valence-electron chi connectivity index (χ2n) is 12.5. The van der Waals surface area contributed by atoms with Crippen molar-refractivity contribution >= 4 is 29.4 Å². The van der Waals surface area contributed by atoms with Gasteiger partial charge in [0, 0.05) is 49.6 Å². The third-order valence-electron chi connectivity index (χ3n) is 8.81. The van der Waals surface area contributed by atoms with Crippen molar-refractivity contribution in [2.45, 2.75) is 90.3 Å². The minimum Gasteiger partial charge on any atom is -0.435 e. The van der Waals surface area contributed by atoms with Crippen LogP contribution in [0.15, 0.2) is 30.5 Å². The number of pyridine rings is 2. The van der Waals surface area contributed by atoms with Crippen LogP contribution in [0.1, 0.15) is 71.3 Å². The molecule has 0 unspecified atom stereocenters. The first-order valence-corrected chi connectivity index (χ1v) is 17.2. The Labute approximate surface area is 291 Å².